The number of aromatic hydroxyl groups is 1. The van der Waals surface area contributed by atoms with Gasteiger partial charge in [-0.3, -0.25) is 0 Å². The molecule has 0 aliphatic carbocycles. The van der Waals surface area contributed by atoms with Crippen molar-refractivity contribution < 1.29 is 9.63 Å². The van der Waals surface area contributed by atoms with Crippen LogP contribution in [0, 0.1) is 0 Å². The molecule has 0 radical (unpaired) electrons. The van der Waals surface area contributed by atoms with Crippen molar-refractivity contribution in [3.8, 4) is 5.75 Å². The van der Waals surface area contributed by atoms with Crippen molar-refractivity contribution in [3.63, 3.8) is 0 Å². The fourth-order valence-electron chi connectivity index (χ4n) is 2.18. The third-order valence-corrected chi connectivity index (χ3v) is 3.03. The summed E-state index contributed by atoms with van der Waals surface area (Å²) in [6.07, 6.45) is 0. The van der Waals surface area contributed by atoms with E-state index in [1.807, 2.05) is 24.3 Å². The Balaban J connectivity index is 2.50. The Kier molecular flexibility index (Phi) is 2.08. The highest BCUT2D eigenvalue weighted by molar-refractivity contribution is 6.07. The Morgan fingerprint density at radius 3 is 2.53 bits per heavy atom. The van der Waals surface area contributed by atoms with Gasteiger partial charge in [0, 0.05) is 16.2 Å². The minimum atomic E-state index is 0.275. The monoisotopic (exact) mass is 227 g/mol. The van der Waals surface area contributed by atoms with Crippen LogP contribution in [0.2, 0.25) is 0 Å². The van der Waals surface area contributed by atoms with Crippen molar-refractivity contribution in [2.45, 2.75) is 19.8 Å². The van der Waals surface area contributed by atoms with Gasteiger partial charge in [-0.2, -0.15) is 0 Å². The van der Waals surface area contributed by atoms with Crippen LogP contribution in [0.15, 0.2) is 34.9 Å². The van der Waals surface area contributed by atoms with Gasteiger partial charge in [-0.25, -0.2) is 0 Å². The molecule has 2 aromatic carbocycles. The second kappa shape index (κ2) is 3.48. The van der Waals surface area contributed by atoms with Gasteiger partial charge in [-0.1, -0.05) is 43.3 Å². The Morgan fingerprint density at radius 1 is 1.12 bits per heavy atom. The summed E-state index contributed by atoms with van der Waals surface area (Å²) in [6, 6.07) is 9.38. The van der Waals surface area contributed by atoms with Crippen LogP contribution in [0.4, 0.5) is 0 Å². The summed E-state index contributed by atoms with van der Waals surface area (Å²) in [6.45, 7) is 4.12. The van der Waals surface area contributed by atoms with Crippen LogP contribution in [0.25, 0.3) is 21.7 Å². The van der Waals surface area contributed by atoms with Crippen LogP contribution in [-0.2, 0) is 0 Å². The molecule has 17 heavy (non-hydrogen) atoms. The minimum Gasteiger partial charge on any atom is -0.507 e. The Bertz CT molecular complexity index is 698. The molecule has 0 fully saturated rings. The van der Waals surface area contributed by atoms with Gasteiger partial charge in [0.1, 0.15) is 5.75 Å². The number of nitrogens with zero attached hydrogens (tertiary/aromatic N) is 1. The molecule has 3 rings (SSSR count). The van der Waals surface area contributed by atoms with Crippen molar-refractivity contribution in [2.24, 2.45) is 0 Å². The number of hydrogen-bond acceptors (Lipinski definition) is 3. The maximum atomic E-state index is 10.0. The molecule has 0 unspecified atom stereocenters. The highest BCUT2D eigenvalue weighted by Crippen LogP contribution is 2.35. The molecule has 1 N–H and O–H groups in total. The minimum absolute atomic E-state index is 0.275. The quantitative estimate of drug-likeness (QED) is 0.687. The Morgan fingerprint density at radius 2 is 1.82 bits per heavy atom. The predicted octanol–water partition coefficient (Wildman–Crippen LogP) is 3.81. The van der Waals surface area contributed by atoms with Crippen LogP contribution in [0.1, 0.15) is 25.5 Å². The van der Waals surface area contributed by atoms with E-state index in [-0.39, 0.29) is 11.7 Å². The van der Waals surface area contributed by atoms with Crippen molar-refractivity contribution in [3.05, 3.63) is 36.0 Å². The lowest BCUT2D eigenvalue weighted by Crippen LogP contribution is -1.87. The molecule has 3 nitrogen and oxygen atoms in total. The lowest BCUT2D eigenvalue weighted by atomic mass is 10.0. The van der Waals surface area contributed by atoms with Gasteiger partial charge >= 0.3 is 0 Å². The van der Waals surface area contributed by atoms with E-state index >= 15 is 0 Å². The summed E-state index contributed by atoms with van der Waals surface area (Å²) >= 11 is 0. The number of phenolic OH excluding ortho intramolecular Hbond substituents is 1. The van der Waals surface area contributed by atoms with E-state index in [0.29, 0.717) is 0 Å². The van der Waals surface area contributed by atoms with Gasteiger partial charge in [0.15, 0.2) is 5.58 Å². The third-order valence-electron chi connectivity index (χ3n) is 3.03. The maximum Gasteiger partial charge on any atom is 0.175 e. The van der Waals surface area contributed by atoms with Crippen molar-refractivity contribution in [2.75, 3.05) is 0 Å². The highest BCUT2D eigenvalue weighted by atomic mass is 16.5. The first-order valence-electron chi connectivity index (χ1n) is 5.68. The van der Waals surface area contributed by atoms with E-state index in [0.717, 1.165) is 27.4 Å². The molecule has 3 aromatic rings. The zero-order valence-corrected chi connectivity index (χ0v) is 9.77. The molecule has 0 bridgehead atoms. The van der Waals surface area contributed by atoms with E-state index in [2.05, 4.69) is 19.0 Å². The molecule has 86 valence electrons. The molecular formula is C14H13NO2. The van der Waals surface area contributed by atoms with Crippen LogP contribution in [0.5, 0.6) is 5.75 Å². The molecule has 0 spiro atoms. The molecule has 1 heterocycles. The fourth-order valence-corrected chi connectivity index (χ4v) is 2.18. The zero-order chi connectivity index (χ0) is 12.0. The summed E-state index contributed by atoms with van der Waals surface area (Å²) in [5.41, 5.74) is 1.64. The van der Waals surface area contributed by atoms with E-state index in [4.69, 9.17) is 4.52 Å². The Hall–Kier alpha value is -2.03. The summed E-state index contributed by atoms with van der Waals surface area (Å²) in [7, 11) is 0. The molecule has 0 saturated heterocycles. The molecular weight excluding hydrogens is 214 g/mol. The van der Waals surface area contributed by atoms with E-state index < -0.39 is 0 Å². The second-order valence-electron chi connectivity index (χ2n) is 4.54. The SMILES string of the molecule is CC(C)c1noc2c1cc(O)c1ccccc12. The second-order valence-corrected chi connectivity index (χ2v) is 4.54. The number of phenols is 1. The van der Waals surface area contributed by atoms with Crippen molar-refractivity contribution in [1.82, 2.24) is 5.16 Å². The maximum absolute atomic E-state index is 10.0. The van der Waals surface area contributed by atoms with E-state index in [1.165, 1.54) is 0 Å². The number of benzene rings is 2. The first kappa shape index (κ1) is 10.1. The standard InChI is InChI=1S/C14H13NO2/c1-8(2)13-11-7-12(16)9-5-3-4-6-10(9)14(11)17-15-13/h3-8,16H,1-2H3. The summed E-state index contributed by atoms with van der Waals surface area (Å²) < 4.78 is 5.42. The lowest BCUT2D eigenvalue weighted by molar-refractivity contribution is 0.443. The highest BCUT2D eigenvalue weighted by Gasteiger charge is 2.15. The van der Waals surface area contributed by atoms with E-state index in [9.17, 15) is 5.11 Å². The number of rotatable bonds is 1. The Labute approximate surface area is 98.6 Å². The molecule has 0 atom stereocenters. The van der Waals surface area contributed by atoms with Crippen LogP contribution in [-0.4, -0.2) is 10.3 Å². The third kappa shape index (κ3) is 1.39. The van der Waals surface area contributed by atoms with Gasteiger partial charge in [0.2, 0.25) is 0 Å². The summed E-state index contributed by atoms with van der Waals surface area (Å²) in [4.78, 5) is 0. The first-order chi connectivity index (χ1) is 8.18. The normalized spacial score (nSPS) is 11.7. The molecule has 0 amide bonds. The number of fused-ring (bicyclic) bond motifs is 3. The van der Waals surface area contributed by atoms with Gasteiger partial charge in [0.25, 0.3) is 0 Å². The van der Waals surface area contributed by atoms with Gasteiger partial charge in [-0.15, -0.1) is 0 Å². The van der Waals surface area contributed by atoms with Crippen molar-refractivity contribution in [1.29, 1.82) is 0 Å². The van der Waals surface area contributed by atoms with E-state index in [1.54, 1.807) is 6.07 Å². The molecule has 1 aromatic heterocycles. The van der Waals surface area contributed by atoms with Gasteiger partial charge in [-0.05, 0) is 12.0 Å². The average molecular weight is 227 g/mol. The molecule has 0 saturated carbocycles. The molecule has 0 aliphatic heterocycles. The first-order valence-corrected chi connectivity index (χ1v) is 5.68. The van der Waals surface area contributed by atoms with Crippen LogP contribution in [0.3, 0.4) is 0 Å². The fraction of sp³-hybridized carbons (Fsp3) is 0.214. The van der Waals surface area contributed by atoms with Gasteiger partial charge in [0.05, 0.1) is 5.69 Å². The summed E-state index contributed by atoms with van der Waals surface area (Å²) in [5.74, 6) is 0.551. The average Bonchev–Trinajstić information content (AvgIpc) is 2.73. The summed E-state index contributed by atoms with van der Waals surface area (Å²) in [5, 5.41) is 16.7. The number of aromatic nitrogens is 1. The molecule has 0 aliphatic rings. The van der Waals surface area contributed by atoms with Crippen LogP contribution < -0.4 is 0 Å². The molecule has 3 heteroatoms. The van der Waals surface area contributed by atoms with Gasteiger partial charge < -0.3 is 9.63 Å². The smallest absolute Gasteiger partial charge is 0.175 e. The predicted molar refractivity (Wildman–Crippen MR) is 67.3 cm³/mol. The lowest BCUT2D eigenvalue weighted by Gasteiger charge is -2.02. The number of hydrogen-bond donors (Lipinski definition) is 1. The zero-order valence-electron chi connectivity index (χ0n) is 9.77. The topological polar surface area (TPSA) is 46.3 Å². The van der Waals surface area contributed by atoms with Crippen molar-refractivity contribution >= 4 is 21.7 Å². The van der Waals surface area contributed by atoms with Crippen LogP contribution >= 0.6 is 0 Å². The largest absolute Gasteiger partial charge is 0.507 e.